The highest BCUT2D eigenvalue weighted by Crippen LogP contribution is 2.31. The van der Waals surface area contributed by atoms with Gasteiger partial charge in [-0.3, -0.25) is 4.79 Å². The van der Waals surface area contributed by atoms with E-state index in [9.17, 15) is 9.18 Å². The molecule has 1 unspecified atom stereocenters. The number of ether oxygens (including phenoxy) is 1. The molecule has 2 rings (SSSR count). The van der Waals surface area contributed by atoms with Gasteiger partial charge in [-0.05, 0) is 45.6 Å². The van der Waals surface area contributed by atoms with Crippen molar-refractivity contribution < 1.29 is 19.0 Å². The van der Waals surface area contributed by atoms with Gasteiger partial charge < -0.3 is 9.84 Å². The number of aliphatic carboxylic acids is 1. The predicted molar refractivity (Wildman–Crippen MR) is 85.4 cm³/mol. The molecule has 0 amide bonds. The number of benzene rings is 2. The first kappa shape index (κ1) is 16.5. The van der Waals surface area contributed by atoms with E-state index in [-0.39, 0.29) is 18.8 Å². The first-order valence-electron chi connectivity index (χ1n) is 6.85. The van der Waals surface area contributed by atoms with E-state index >= 15 is 0 Å². The lowest BCUT2D eigenvalue weighted by Gasteiger charge is -2.12. The smallest absolute Gasteiger partial charge is 0.306 e. The van der Waals surface area contributed by atoms with Crippen molar-refractivity contribution >= 4 is 21.9 Å². The van der Waals surface area contributed by atoms with Crippen LogP contribution in [0.3, 0.4) is 0 Å². The summed E-state index contributed by atoms with van der Waals surface area (Å²) in [6.45, 7) is 1.86. The van der Waals surface area contributed by atoms with Crippen LogP contribution in [0.4, 0.5) is 4.39 Å². The summed E-state index contributed by atoms with van der Waals surface area (Å²) in [5.74, 6) is -1.84. The molecule has 0 aromatic heterocycles. The minimum atomic E-state index is -0.902. The standard InChI is InChI=1S/C17H16BrFO3/c1-11(17(20)21)7-13-8-14(18)16(15(19)9-13)22-10-12-5-3-2-4-6-12/h2-6,8-9,11H,7,10H2,1H3,(H,20,21). The normalized spacial score (nSPS) is 12.0. The van der Waals surface area contributed by atoms with Gasteiger partial charge in [0.25, 0.3) is 0 Å². The molecular formula is C17H16BrFO3. The number of carboxylic acids is 1. The van der Waals surface area contributed by atoms with Gasteiger partial charge in [0.15, 0.2) is 11.6 Å². The molecule has 116 valence electrons. The molecule has 0 aliphatic heterocycles. The van der Waals surface area contributed by atoms with Crippen LogP contribution in [-0.2, 0) is 17.8 Å². The summed E-state index contributed by atoms with van der Waals surface area (Å²) in [6.07, 6.45) is 0.268. The Kier molecular flexibility index (Phi) is 5.55. The number of rotatable bonds is 6. The molecule has 2 aromatic rings. The second-order valence-electron chi connectivity index (χ2n) is 5.11. The van der Waals surface area contributed by atoms with Gasteiger partial charge in [0, 0.05) is 0 Å². The van der Waals surface area contributed by atoms with Gasteiger partial charge in [-0.15, -0.1) is 0 Å². The summed E-state index contributed by atoms with van der Waals surface area (Å²) < 4.78 is 20.2. The van der Waals surface area contributed by atoms with E-state index in [1.807, 2.05) is 30.3 Å². The number of carboxylic acid groups (broad SMARTS) is 1. The highest BCUT2D eigenvalue weighted by atomic mass is 79.9. The van der Waals surface area contributed by atoms with Crippen LogP contribution in [0.1, 0.15) is 18.1 Å². The van der Waals surface area contributed by atoms with Crippen molar-refractivity contribution in [2.45, 2.75) is 20.0 Å². The Labute approximate surface area is 136 Å². The summed E-state index contributed by atoms with van der Waals surface area (Å²) in [6, 6.07) is 12.5. The van der Waals surface area contributed by atoms with Crippen molar-refractivity contribution in [3.05, 3.63) is 63.9 Å². The van der Waals surface area contributed by atoms with Crippen molar-refractivity contribution in [3.8, 4) is 5.75 Å². The third-order valence-corrected chi connectivity index (χ3v) is 3.84. The Morgan fingerprint density at radius 1 is 1.27 bits per heavy atom. The average molecular weight is 367 g/mol. The van der Waals surface area contributed by atoms with E-state index in [2.05, 4.69) is 15.9 Å². The van der Waals surface area contributed by atoms with Crippen LogP contribution in [0.15, 0.2) is 46.9 Å². The van der Waals surface area contributed by atoms with Crippen molar-refractivity contribution in [3.63, 3.8) is 0 Å². The fraction of sp³-hybridized carbons (Fsp3) is 0.235. The van der Waals surface area contributed by atoms with Crippen LogP contribution in [-0.4, -0.2) is 11.1 Å². The lowest BCUT2D eigenvalue weighted by molar-refractivity contribution is -0.141. The van der Waals surface area contributed by atoms with Crippen LogP contribution < -0.4 is 4.74 Å². The third kappa shape index (κ3) is 4.31. The molecule has 22 heavy (non-hydrogen) atoms. The molecule has 0 saturated carbocycles. The van der Waals surface area contributed by atoms with E-state index in [1.165, 1.54) is 6.07 Å². The molecule has 2 aromatic carbocycles. The Hall–Kier alpha value is -1.88. The number of hydrogen-bond donors (Lipinski definition) is 1. The zero-order chi connectivity index (χ0) is 16.1. The van der Waals surface area contributed by atoms with Crippen LogP contribution in [0, 0.1) is 11.7 Å². The van der Waals surface area contributed by atoms with Gasteiger partial charge in [-0.1, -0.05) is 37.3 Å². The number of halogens is 2. The monoisotopic (exact) mass is 366 g/mol. The van der Waals surface area contributed by atoms with Crippen molar-refractivity contribution in [1.29, 1.82) is 0 Å². The first-order chi connectivity index (χ1) is 10.5. The van der Waals surface area contributed by atoms with Gasteiger partial charge in [-0.25, -0.2) is 4.39 Å². The molecule has 5 heteroatoms. The van der Waals surface area contributed by atoms with E-state index in [0.717, 1.165) is 5.56 Å². The molecule has 3 nitrogen and oxygen atoms in total. The quantitative estimate of drug-likeness (QED) is 0.822. The van der Waals surface area contributed by atoms with Crippen LogP contribution in [0.25, 0.3) is 0 Å². The molecule has 0 saturated heterocycles. The lowest BCUT2D eigenvalue weighted by Crippen LogP contribution is -2.12. The second-order valence-corrected chi connectivity index (χ2v) is 5.96. The van der Waals surface area contributed by atoms with E-state index < -0.39 is 17.7 Å². The molecule has 1 N–H and O–H groups in total. The summed E-state index contributed by atoms with van der Waals surface area (Å²) in [7, 11) is 0. The van der Waals surface area contributed by atoms with Crippen molar-refractivity contribution in [2.75, 3.05) is 0 Å². The molecule has 0 bridgehead atoms. The summed E-state index contributed by atoms with van der Waals surface area (Å²) in [5, 5.41) is 8.92. The molecule has 0 fully saturated rings. The summed E-state index contributed by atoms with van der Waals surface area (Å²) in [5.41, 5.74) is 1.56. The van der Waals surface area contributed by atoms with Gasteiger partial charge >= 0.3 is 5.97 Å². The Morgan fingerprint density at radius 3 is 2.55 bits per heavy atom. The van der Waals surface area contributed by atoms with Crippen molar-refractivity contribution in [2.24, 2.45) is 5.92 Å². The maximum absolute atomic E-state index is 14.2. The maximum Gasteiger partial charge on any atom is 0.306 e. The molecule has 0 spiro atoms. The molecular weight excluding hydrogens is 351 g/mol. The van der Waals surface area contributed by atoms with E-state index in [1.54, 1.807) is 13.0 Å². The van der Waals surface area contributed by atoms with Crippen molar-refractivity contribution in [1.82, 2.24) is 0 Å². The Morgan fingerprint density at radius 2 is 1.95 bits per heavy atom. The maximum atomic E-state index is 14.2. The van der Waals surface area contributed by atoms with Gasteiger partial charge in [0.2, 0.25) is 0 Å². The number of hydrogen-bond acceptors (Lipinski definition) is 2. The van der Waals surface area contributed by atoms with Gasteiger partial charge in [-0.2, -0.15) is 0 Å². The Balaban J connectivity index is 2.11. The largest absolute Gasteiger partial charge is 0.485 e. The minimum Gasteiger partial charge on any atom is -0.485 e. The molecule has 0 aliphatic carbocycles. The van der Waals surface area contributed by atoms with Gasteiger partial charge in [0.1, 0.15) is 6.61 Å². The minimum absolute atomic E-state index is 0.135. The fourth-order valence-corrected chi connectivity index (χ4v) is 2.64. The second kappa shape index (κ2) is 7.40. The highest BCUT2D eigenvalue weighted by Gasteiger charge is 2.16. The van der Waals surface area contributed by atoms with E-state index in [0.29, 0.717) is 10.0 Å². The number of carbonyl (C=O) groups is 1. The predicted octanol–water partition coefficient (Wildman–Crippen LogP) is 4.43. The SMILES string of the molecule is CC(Cc1cc(F)c(OCc2ccccc2)c(Br)c1)C(=O)O. The van der Waals surface area contributed by atoms with E-state index in [4.69, 9.17) is 9.84 Å². The molecule has 0 heterocycles. The van der Waals surface area contributed by atoms with Crippen LogP contribution in [0.2, 0.25) is 0 Å². The first-order valence-corrected chi connectivity index (χ1v) is 7.64. The molecule has 0 radical (unpaired) electrons. The van der Waals surface area contributed by atoms with Crippen LogP contribution >= 0.6 is 15.9 Å². The molecule has 0 aliphatic rings. The average Bonchev–Trinajstić information content (AvgIpc) is 2.47. The zero-order valence-corrected chi connectivity index (χ0v) is 13.6. The fourth-order valence-electron chi connectivity index (χ4n) is 2.04. The van der Waals surface area contributed by atoms with Crippen LogP contribution in [0.5, 0.6) is 5.75 Å². The summed E-state index contributed by atoms with van der Waals surface area (Å²) >= 11 is 3.29. The van der Waals surface area contributed by atoms with Gasteiger partial charge in [0.05, 0.1) is 10.4 Å². The zero-order valence-electron chi connectivity index (χ0n) is 12.1. The third-order valence-electron chi connectivity index (χ3n) is 3.25. The Bertz CT molecular complexity index is 635. The highest BCUT2D eigenvalue weighted by molar-refractivity contribution is 9.10. The summed E-state index contributed by atoms with van der Waals surface area (Å²) in [4.78, 5) is 10.9. The lowest BCUT2D eigenvalue weighted by atomic mass is 10.0. The topological polar surface area (TPSA) is 46.5 Å². The molecule has 1 atom stereocenters.